The summed E-state index contributed by atoms with van der Waals surface area (Å²) in [6, 6.07) is 67.1. The first-order valence-electron chi connectivity index (χ1n) is 19.0. The van der Waals surface area contributed by atoms with Crippen LogP contribution in [0.5, 0.6) is 0 Å². The van der Waals surface area contributed by atoms with Crippen LogP contribution in [0.25, 0.3) is 111 Å². The summed E-state index contributed by atoms with van der Waals surface area (Å²) in [5.74, 6) is 0.683. The third-order valence-corrected chi connectivity index (χ3v) is 11.1. The van der Waals surface area contributed by atoms with E-state index in [9.17, 15) is 0 Å². The normalized spacial score (nSPS) is 11.6. The molecule has 2 heterocycles. The molecule has 0 fully saturated rings. The van der Waals surface area contributed by atoms with Gasteiger partial charge in [-0.1, -0.05) is 170 Å². The second kappa shape index (κ2) is 13.1. The minimum atomic E-state index is 0.683. The molecule has 10 aromatic rings. The van der Waals surface area contributed by atoms with Crippen molar-refractivity contribution in [3.63, 3.8) is 0 Å². The van der Waals surface area contributed by atoms with Crippen LogP contribution in [0.4, 0.5) is 0 Å². The van der Waals surface area contributed by atoms with Crippen LogP contribution in [0.1, 0.15) is 0 Å². The molecule has 1 aliphatic rings. The molecule has 0 saturated carbocycles. The number of pyridine rings is 1. The molecule has 56 heavy (non-hydrogen) atoms. The SMILES string of the molecule is c1ccc(-c2cc(-c3ccc4c5c(cccc35)-c3c-4c(-c4ccccc4)c4ccccc4c3-c3ccccc3)nc(-c3cccc(-c4cccnc4)c3)n2)cc1. The summed E-state index contributed by atoms with van der Waals surface area (Å²) in [6.45, 7) is 0. The first-order valence-corrected chi connectivity index (χ1v) is 19.0. The molecular weight excluding hydrogens is 679 g/mol. The molecule has 0 aliphatic heterocycles. The van der Waals surface area contributed by atoms with Crippen molar-refractivity contribution in [3.8, 4) is 89.5 Å². The summed E-state index contributed by atoms with van der Waals surface area (Å²) in [5, 5.41) is 4.93. The average molecular weight is 712 g/mol. The van der Waals surface area contributed by atoms with Crippen molar-refractivity contribution in [1.29, 1.82) is 0 Å². The number of nitrogens with zero attached hydrogens (tertiary/aromatic N) is 3. The van der Waals surface area contributed by atoms with Gasteiger partial charge >= 0.3 is 0 Å². The van der Waals surface area contributed by atoms with Crippen LogP contribution in [-0.4, -0.2) is 15.0 Å². The fourth-order valence-electron chi connectivity index (χ4n) is 8.68. The molecule has 0 radical (unpaired) electrons. The fourth-order valence-corrected chi connectivity index (χ4v) is 8.68. The van der Waals surface area contributed by atoms with Crippen LogP contribution in [0.15, 0.2) is 200 Å². The van der Waals surface area contributed by atoms with Crippen LogP contribution in [-0.2, 0) is 0 Å². The molecule has 260 valence electrons. The van der Waals surface area contributed by atoms with Gasteiger partial charge in [0.25, 0.3) is 0 Å². The monoisotopic (exact) mass is 711 g/mol. The van der Waals surface area contributed by atoms with E-state index < -0.39 is 0 Å². The van der Waals surface area contributed by atoms with Crippen molar-refractivity contribution in [2.24, 2.45) is 0 Å². The van der Waals surface area contributed by atoms with Crippen LogP contribution in [0, 0.1) is 0 Å². The van der Waals surface area contributed by atoms with E-state index in [1.807, 2.05) is 18.3 Å². The maximum Gasteiger partial charge on any atom is 0.160 e. The van der Waals surface area contributed by atoms with Crippen molar-refractivity contribution in [2.45, 2.75) is 0 Å². The average Bonchev–Trinajstić information content (AvgIpc) is 3.61. The van der Waals surface area contributed by atoms with E-state index in [0.717, 1.165) is 39.2 Å². The van der Waals surface area contributed by atoms with E-state index in [1.54, 1.807) is 6.20 Å². The molecule has 8 aromatic carbocycles. The van der Waals surface area contributed by atoms with E-state index in [0.29, 0.717) is 5.82 Å². The van der Waals surface area contributed by atoms with Gasteiger partial charge < -0.3 is 0 Å². The van der Waals surface area contributed by atoms with E-state index >= 15 is 0 Å². The number of rotatable bonds is 6. The molecule has 0 amide bonds. The Balaban J connectivity index is 1.19. The first-order chi connectivity index (χ1) is 27.8. The van der Waals surface area contributed by atoms with Crippen molar-refractivity contribution in [1.82, 2.24) is 15.0 Å². The Morgan fingerprint density at radius 1 is 0.304 bits per heavy atom. The lowest BCUT2D eigenvalue weighted by atomic mass is 9.82. The Hall–Kier alpha value is -7.49. The fraction of sp³-hybridized carbons (Fsp3) is 0. The Kier molecular flexibility index (Phi) is 7.49. The highest BCUT2D eigenvalue weighted by Gasteiger charge is 2.31. The molecule has 2 aromatic heterocycles. The molecule has 0 spiro atoms. The Morgan fingerprint density at radius 2 is 0.821 bits per heavy atom. The molecule has 1 aliphatic carbocycles. The zero-order valence-electron chi connectivity index (χ0n) is 30.4. The lowest BCUT2D eigenvalue weighted by molar-refractivity contribution is 1.18. The summed E-state index contributed by atoms with van der Waals surface area (Å²) in [6.07, 6.45) is 3.70. The van der Waals surface area contributed by atoms with Gasteiger partial charge in [-0.05, 0) is 89.8 Å². The second-order valence-corrected chi connectivity index (χ2v) is 14.3. The standard InChI is InChI=1S/C53H33N3/c1-4-15-34(16-5-1)46-32-47(56-53(55-46)38-22-12-21-37(31-38)39-23-14-30-54-33-39)40-28-29-45-50-41(40)26-13-27-44(50)51-48(35-17-6-2-7-18-35)42-24-10-11-25-43(42)49(52(45)51)36-19-8-3-9-20-36/h1-33H. The van der Waals surface area contributed by atoms with E-state index in [-0.39, 0.29) is 0 Å². The highest BCUT2D eigenvalue weighted by Crippen LogP contribution is 2.58. The van der Waals surface area contributed by atoms with Crippen LogP contribution >= 0.6 is 0 Å². The topological polar surface area (TPSA) is 38.7 Å². The Morgan fingerprint density at radius 3 is 1.48 bits per heavy atom. The minimum absolute atomic E-state index is 0.683. The largest absolute Gasteiger partial charge is 0.264 e. The minimum Gasteiger partial charge on any atom is -0.264 e. The third kappa shape index (κ3) is 5.17. The van der Waals surface area contributed by atoms with Crippen molar-refractivity contribution < 1.29 is 0 Å². The summed E-state index contributed by atoms with van der Waals surface area (Å²) >= 11 is 0. The highest BCUT2D eigenvalue weighted by molar-refractivity contribution is 6.28. The van der Waals surface area contributed by atoms with E-state index in [4.69, 9.17) is 9.97 Å². The quantitative estimate of drug-likeness (QED) is 0.172. The molecule has 11 rings (SSSR count). The van der Waals surface area contributed by atoms with E-state index in [1.165, 1.54) is 66.1 Å². The summed E-state index contributed by atoms with van der Waals surface area (Å²) < 4.78 is 0. The smallest absolute Gasteiger partial charge is 0.160 e. The first kappa shape index (κ1) is 32.0. The molecule has 3 heteroatoms. The third-order valence-electron chi connectivity index (χ3n) is 11.1. The molecular formula is C53H33N3. The summed E-state index contributed by atoms with van der Waals surface area (Å²) in [4.78, 5) is 14.9. The van der Waals surface area contributed by atoms with E-state index in [2.05, 4.69) is 181 Å². The summed E-state index contributed by atoms with van der Waals surface area (Å²) in [5.41, 5.74) is 17.0. The molecule has 0 saturated heterocycles. The highest BCUT2D eigenvalue weighted by atomic mass is 14.9. The Labute approximate surface area is 325 Å². The predicted octanol–water partition coefficient (Wildman–Crippen LogP) is 13.8. The van der Waals surface area contributed by atoms with Crippen molar-refractivity contribution in [2.75, 3.05) is 0 Å². The van der Waals surface area contributed by atoms with Gasteiger partial charge in [-0.15, -0.1) is 0 Å². The number of benzene rings is 8. The van der Waals surface area contributed by atoms with Gasteiger partial charge in [0.05, 0.1) is 11.4 Å². The number of hydrogen-bond acceptors (Lipinski definition) is 3. The van der Waals surface area contributed by atoms with Crippen molar-refractivity contribution >= 4 is 21.5 Å². The zero-order chi connectivity index (χ0) is 37.0. The number of fused-ring (bicyclic) bond motifs is 4. The molecule has 0 atom stereocenters. The molecule has 0 unspecified atom stereocenters. The lowest BCUT2D eigenvalue weighted by Crippen LogP contribution is -1.97. The second-order valence-electron chi connectivity index (χ2n) is 14.3. The van der Waals surface area contributed by atoms with Gasteiger partial charge in [-0.3, -0.25) is 4.98 Å². The van der Waals surface area contributed by atoms with Gasteiger partial charge in [-0.2, -0.15) is 0 Å². The number of hydrogen-bond donors (Lipinski definition) is 0. The lowest BCUT2D eigenvalue weighted by Gasteiger charge is -2.20. The maximum atomic E-state index is 5.36. The molecule has 0 N–H and O–H groups in total. The maximum absolute atomic E-state index is 5.36. The molecule has 3 nitrogen and oxygen atoms in total. The summed E-state index contributed by atoms with van der Waals surface area (Å²) in [7, 11) is 0. The number of aromatic nitrogens is 3. The van der Waals surface area contributed by atoms with Crippen LogP contribution in [0.3, 0.4) is 0 Å². The van der Waals surface area contributed by atoms with Gasteiger partial charge in [0.15, 0.2) is 5.82 Å². The van der Waals surface area contributed by atoms with Gasteiger partial charge in [0.1, 0.15) is 0 Å². The van der Waals surface area contributed by atoms with Crippen LogP contribution < -0.4 is 0 Å². The van der Waals surface area contributed by atoms with Gasteiger partial charge in [0, 0.05) is 34.6 Å². The predicted molar refractivity (Wildman–Crippen MR) is 232 cm³/mol. The van der Waals surface area contributed by atoms with Gasteiger partial charge in [-0.25, -0.2) is 9.97 Å². The molecule has 0 bridgehead atoms. The van der Waals surface area contributed by atoms with Crippen LogP contribution in [0.2, 0.25) is 0 Å². The van der Waals surface area contributed by atoms with Gasteiger partial charge in [0.2, 0.25) is 0 Å². The zero-order valence-corrected chi connectivity index (χ0v) is 30.4. The Bertz CT molecular complexity index is 3010. The van der Waals surface area contributed by atoms with Crippen molar-refractivity contribution in [3.05, 3.63) is 200 Å².